The lowest BCUT2D eigenvalue weighted by molar-refractivity contribution is 0.249. The van der Waals surface area contributed by atoms with E-state index in [1.165, 1.54) is 11.1 Å². The predicted molar refractivity (Wildman–Crippen MR) is 153 cm³/mol. The predicted octanol–water partition coefficient (Wildman–Crippen LogP) is 7.06. The van der Waals surface area contributed by atoms with Crippen LogP contribution >= 0.6 is 0 Å². The Balaban J connectivity index is 1.99. The second-order valence-electron chi connectivity index (χ2n) is 14.2. The van der Waals surface area contributed by atoms with Crippen molar-refractivity contribution in [1.82, 2.24) is 9.44 Å². The van der Waals surface area contributed by atoms with Gasteiger partial charge in [-0.1, -0.05) is 87.5 Å². The average molecular weight is 442 g/mol. The van der Waals surface area contributed by atoms with E-state index in [1.807, 2.05) is 0 Å². The molecule has 0 amide bonds. The molecule has 0 radical (unpaired) electrons. The molecule has 2 saturated heterocycles. The Morgan fingerprint density at radius 1 is 0.606 bits per heavy atom. The molecule has 2 aliphatic carbocycles. The van der Waals surface area contributed by atoms with Crippen molar-refractivity contribution < 1.29 is 0 Å². The first-order chi connectivity index (χ1) is 14.9. The summed E-state index contributed by atoms with van der Waals surface area (Å²) in [5.41, 5.74) is 6.40. The van der Waals surface area contributed by atoms with Gasteiger partial charge in [-0.25, -0.2) is 0 Å². The number of nitrogens with zero attached hydrogens (tertiary/aromatic N) is 2. The molecule has 0 spiro atoms. The van der Waals surface area contributed by atoms with Crippen LogP contribution in [0.2, 0.25) is 37.9 Å². The molecular weight excluding hydrogens is 396 g/mol. The second-order valence-corrected chi connectivity index (χ2v) is 14.2. The molecule has 4 aliphatic rings. The smallest absolute Gasteiger partial charge is 0.239 e. The van der Waals surface area contributed by atoms with Gasteiger partial charge in [0.1, 0.15) is 0 Å². The molecule has 4 rings (SSSR count). The molecule has 2 unspecified atom stereocenters. The normalized spacial score (nSPS) is 31.2. The van der Waals surface area contributed by atoms with Gasteiger partial charge in [-0.2, -0.15) is 0 Å². The van der Waals surface area contributed by atoms with Crippen molar-refractivity contribution >= 4 is 27.4 Å². The van der Waals surface area contributed by atoms with Gasteiger partial charge in [0, 0.05) is 10.6 Å². The van der Waals surface area contributed by atoms with Crippen LogP contribution in [0.15, 0.2) is 46.4 Å². The number of hydrogen-bond acceptors (Lipinski definition) is 2. The Morgan fingerprint density at radius 2 is 0.909 bits per heavy atom. The molecule has 0 saturated carbocycles. The minimum Gasteiger partial charge on any atom is -0.375 e. The van der Waals surface area contributed by atoms with Crippen molar-refractivity contribution in [3.8, 4) is 0 Å². The summed E-state index contributed by atoms with van der Waals surface area (Å²) in [5.74, 6) is 0. The minimum atomic E-state index is 0.00582. The maximum absolute atomic E-state index is 2.79. The van der Waals surface area contributed by atoms with E-state index in [1.54, 1.807) is 10.9 Å². The highest BCUT2D eigenvalue weighted by molar-refractivity contribution is 6.87. The lowest BCUT2D eigenvalue weighted by Gasteiger charge is -2.57. The summed E-state index contributed by atoms with van der Waals surface area (Å²) in [6.45, 7) is 35.9. The zero-order valence-corrected chi connectivity index (χ0v) is 24.0. The SMILES string of the molecule is CB1C2=CC(C)=CC2(C(C)(C)C23C=C(C)C=C2B(C)N(C(C)(C)C)B3C)B(C)N1C(C)(C)C. The molecule has 0 aromatic carbocycles. The van der Waals surface area contributed by atoms with Crippen molar-refractivity contribution in [3.63, 3.8) is 0 Å². The maximum atomic E-state index is 2.79. The molecule has 2 fully saturated rings. The molecular formula is C27H46B4N2. The van der Waals surface area contributed by atoms with Crippen LogP contribution in [0.5, 0.6) is 0 Å². The molecule has 33 heavy (non-hydrogen) atoms. The van der Waals surface area contributed by atoms with E-state index in [2.05, 4.69) is 130 Å². The minimum absolute atomic E-state index is 0.00582. The summed E-state index contributed by atoms with van der Waals surface area (Å²) in [6, 6.07) is 0. The van der Waals surface area contributed by atoms with E-state index in [-0.39, 0.29) is 27.1 Å². The zero-order chi connectivity index (χ0) is 25.1. The summed E-state index contributed by atoms with van der Waals surface area (Å²) in [6.07, 6.45) is 10.4. The monoisotopic (exact) mass is 442 g/mol. The fourth-order valence-electron chi connectivity index (χ4n) is 9.56. The van der Waals surface area contributed by atoms with Gasteiger partial charge in [0.25, 0.3) is 0 Å². The molecule has 0 aromatic heterocycles. The molecule has 0 aromatic rings. The van der Waals surface area contributed by atoms with Gasteiger partial charge in [0.05, 0.1) is 0 Å². The molecule has 2 heterocycles. The van der Waals surface area contributed by atoms with Crippen LogP contribution < -0.4 is 0 Å². The molecule has 2 nitrogen and oxygen atoms in total. The molecule has 6 heteroatoms. The summed E-state index contributed by atoms with van der Waals surface area (Å²) >= 11 is 0. The van der Waals surface area contributed by atoms with Gasteiger partial charge in [-0.05, 0) is 71.9 Å². The zero-order valence-electron chi connectivity index (χ0n) is 24.0. The molecule has 2 atom stereocenters. The van der Waals surface area contributed by atoms with Crippen LogP contribution in [-0.4, -0.2) is 47.9 Å². The van der Waals surface area contributed by atoms with E-state index < -0.39 is 0 Å². The van der Waals surface area contributed by atoms with Gasteiger partial charge in [-0.15, -0.1) is 0 Å². The Labute approximate surface area is 206 Å². The first-order valence-corrected chi connectivity index (χ1v) is 13.3. The van der Waals surface area contributed by atoms with Gasteiger partial charge in [-0.3, -0.25) is 0 Å². The number of hydrogen-bond donors (Lipinski definition) is 0. The van der Waals surface area contributed by atoms with Gasteiger partial charge < -0.3 is 9.44 Å². The van der Waals surface area contributed by atoms with Gasteiger partial charge >= 0.3 is 0 Å². The largest absolute Gasteiger partial charge is 0.375 e. The first-order valence-electron chi connectivity index (χ1n) is 13.3. The summed E-state index contributed by atoms with van der Waals surface area (Å²) in [4.78, 5) is 0. The topological polar surface area (TPSA) is 6.48 Å². The Bertz CT molecular complexity index is 915. The van der Waals surface area contributed by atoms with Crippen LogP contribution in [0.25, 0.3) is 0 Å². The highest BCUT2D eigenvalue weighted by Crippen LogP contribution is 2.77. The second kappa shape index (κ2) is 7.10. The van der Waals surface area contributed by atoms with Crippen LogP contribution in [0.4, 0.5) is 0 Å². The Hall–Kier alpha value is -0.860. The summed E-state index contributed by atoms with van der Waals surface area (Å²) in [7, 11) is 0. The van der Waals surface area contributed by atoms with E-state index >= 15 is 0 Å². The quantitative estimate of drug-likeness (QED) is 0.423. The van der Waals surface area contributed by atoms with Crippen LogP contribution in [-0.2, 0) is 0 Å². The molecule has 0 N–H and O–H groups in total. The number of fused-ring (bicyclic) bond motifs is 2. The van der Waals surface area contributed by atoms with Crippen molar-refractivity contribution in [2.75, 3.05) is 0 Å². The average Bonchev–Trinajstić information content (AvgIpc) is 3.28. The van der Waals surface area contributed by atoms with Crippen molar-refractivity contribution in [3.05, 3.63) is 46.4 Å². The lowest BCUT2D eigenvalue weighted by Crippen LogP contribution is -2.58. The Morgan fingerprint density at radius 3 is 1.18 bits per heavy atom. The van der Waals surface area contributed by atoms with E-state index in [9.17, 15) is 0 Å². The van der Waals surface area contributed by atoms with Crippen molar-refractivity contribution in [2.24, 2.45) is 5.41 Å². The maximum Gasteiger partial charge on any atom is 0.239 e. The highest BCUT2D eigenvalue weighted by atomic mass is 15.1. The van der Waals surface area contributed by atoms with Crippen molar-refractivity contribution in [2.45, 2.75) is 118 Å². The third-order valence-corrected chi connectivity index (χ3v) is 10.1. The van der Waals surface area contributed by atoms with Crippen molar-refractivity contribution in [1.29, 1.82) is 0 Å². The van der Waals surface area contributed by atoms with E-state index in [0.29, 0.717) is 27.4 Å². The lowest BCUT2D eigenvalue weighted by atomic mass is 9.23. The van der Waals surface area contributed by atoms with Crippen LogP contribution in [0, 0.1) is 5.41 Å². The fraction of sp³-hybridized carbons (Fsp3) is 0.704. The van der Waals surface area contributed by atoms with E-state index in [4.69, 9.17) is 0 Å². The summed E-state index contributed by atoms with van der Waals surface area (Å²) < 4.78 is 5.58. The standard InChI is InChI=1S/C27H46B4N2/c1-19-15-21-26(17-19,30(13)32(28(21)11)23(3,4)5)25(9,10)27-18-20(2)16-22(27)29(12)33(31(27)14)24(6,7)8/h15-18H,1-14H3. The highest BCUT2D eigenvalue weighted by Gasteiger charge is 2.73. The first kappa shape index (κ1) is 25.2. The third kappa shape index (κ3) is 2.92. The van der Waals surface area contributed by atoms with Gasteiger partial charge in [0.15, 0.2) is 0 Å². The fourth-order valence-corrected chi connectivity index (χ4v) is 9.56. The van der Waals surface area contributed by atoms with Gasteiger partial charge in [0.2, 0.25) is 27.4 Å². The number of rotatable bonds is 2. The van der Waals surface area contributed by atoms with Crippen LogP contribution in [0.1, 0.15) is 69.2 Å². The van der Waals surface area contributed by atoms with Crippen LogP contribution in [0.3, 0.4) is 0 Å². The molecule has 176 valence electrons. The van der Waals surface area contributed by atoms with E-state index in [0.717, 1.165) is 0 Å². The molecule has 2 aliphatic heterocycles. The summed E-state index contributed by atoms with van der Waals surface area (Å²) in [5, 5.41) is 0.0116. The molecule has 0 bridgehead atoms. The Kier molecular flexibility index (Phi) is 5.43. The number of allylic oxidation sites excluding steroid dienone is 8. The third-order valence-electron chi connectivity index (χ3n) is 10.1.